The lowest BCUT2D eigenvalue weighted by molar-refractivity contribution is -0.143. The molecule has 2 aromatic carbocycles. The van der Waals surface area contributed by atoms with Crippen LogP contribution in [0, 0.1) is 0 Å². The van der Waals surface area contributed by atoms with E-state index >= 15 is 0 Å². The molecule has 0 radical (unpaired) electrons. The Balaban J connectivity index is 1.19. The van der Waals surface area contributed by atoms with Crippen LogP contribution in [0.4, 0.5) is 0 Å². The number of piperidine rings is 1. The number of fused-ring (bicyclic) bond motifs is 1. The van der Waals surface area contributed by atoms with Crippen LogP contribution in [0.25, 0.3) is 11.1 Å². The lowest BCUT2D eigenvalue weighted by atomic mass is 9.96. The summed E-state index contributed by atoms with van der Waals surface area (Å²) in [7, 11) is 0. The van der Waals surface area contributed by atoms with Gasteiger partial charge in [-0.25, -0.2) is 4.98 Å². The van der Waals surface area contributed by atoms with Crippen LogP contribution >= 0.6 is 0 Å². The Morgan fingerprint density at radius 3 is 2.54 bits per heavy atom. The third-order valence-electron chi connectivity index (χ3n) is 5.52. The Labute approximate surface area is 162 Å². The Hall–Kier alpha value is -3.15. The van der Waals surface area contributed by atoms with Crippen LogP contribution in [-0.4, -0.2) is 40.7 Å². The van der Waals surface area contributed by atoms with Crippen LogP contribution in [-0.2, 0) is 9.63 Å². The van der Waals surface area contributed by atoms with Gasteiger partial charge in [0.15, 0.2) is 11.5 Å². The van der Waals surface area contributed by atoms with E-state index in [0.717, 1.165) is 41.1 Å². The first-order valence-electron chi connectivity index (χ1n) is 9.70. The minimum Gasteiger partial charge on any atom is -0.440 e. The summed E-state index contributed by atoms with van der Waals surface area (Å²) < 4.78 is 5.91. The van der Waals surface area contributed by atoms with Gasteiger partial charge in [0, 0.05) is 25.4 Å². The summed E-state index contributed by atoms with van der Waals surface area (Å²) in [6, 6.07) is 17.7. The van der Waals surface area contributed by atoms with Crippen LogP contribution in [0.1, 0.15) is 36.6 Å². The second-order valence-electron chi connectivity index (χ2n) is 7.32. The molecule has 0 aliphatic carbocycles. The number of oxazole rings is 1. The van der Waals surface area contributed by atoms with E-state index in [0.29, 0.717) is 19.5 Å². The van der Waals surface area contributed by atoms with Crippen LogP contribution in [0.5, 0.6) is 0 Å². The summed E-state index contributed by atoms with van der Waals surface area (Å²) in [4.78, 5) is 24.8. The van der Waals surface area contributed by atoms with Gasteiger partial charge in [-0.3, -0.25) is 4.79 Å². The van der Waals surface area contributed by atoms with Gasteiger partial charge in [-0.1, -0.05) is 47.6 Å². The molecule has 0 bridgehead atoms. The first-order chi connectivity index (χ1) is 13.8. The van der Waals surface area contributed by atoms with E-state index in [-0.39, 0.29) is 11.8 Å². The molecule has 2 aliphatic heterocycles. The Morgan fingerprint density at radius 2 is 1.75 bits per heavy atom. The normalized spacial score (nSPS) is 20.2. The fourth-order valence-corrected chi connectivity index (χ4v) is 3.93. The third kappa shape index (κ3) is 3.15. The van der Waals surface area contributed by atoms with Gasteiger partial charge in [0.05, 0.1) is 5.71 Å². The molecule has 3 heterocycles. The topological polar surface area (TPSA) is 67.9 Å². The number of benzene rings is 2. The number of carbonyl (C=O) groups excluding carboxylic acids is 1. The molecule has 1 amide bonds. The largest absolute Gasteiger partial charge is 0.440 e. The average molecular weight is 375 g/mol. The van der Waals surface area contributed by atoms with Gasteiger partial charge >= 0.3 is 0 Å². The van der Waals surface area contributed by atoms with E-state index in [2.05, 4.69) is 10.1 Å². The maximum Gasteiger partial charge on any atom is 0.266 e. The lowest BCUT2D eigenvalue weighted by Crippen LogP contribution is -2.43. The second-order valence-corrected chi connectivity index (χ2v) is 7.32. The first kappa shape index (κ1) is 17.0. The number of amides is 1. The van der Waals surface area contributed by atoms with Gasteiger partial charge in [-0.05, 0) is 30.5 Å². The molecular formula is C22H21N3O3. The average Bonchev–Trinajstić information content (AvgIpc) is 3.41. The zero-order valence-electron chi connectivity index (χ0n) is 15.5. The molecule has 5 rings (SSSR count). The summed E-state index contributed by atoms with van der Waals surface area (Å²) in [5.41, 5.74) is 3.55. The molecule has 2 aliphatic rings. The molecule has 1 aromatic heterocycles. The number of nitrogens with zero attached hydrogens (tertiary/aromatic N) is 3. The highest BCUT2D eigenvalue weighted by molar-refractivity contribution is 6.04. The van der Waals surface area contributed by atoms with E-state index in [1.807, 2.05) is 59.5 Å². The van der Waals surface area contributed by atoms with E-state index in [9.17, 15) is 4.79 Å². The molecule has 6 nitrogen and oxygen atoms in total. The highest BCUT2D eigenvalue weighted by Crippen LogP contribution is 2.30. The summed E-state index contributed by atoms with van der Waals surface area (Å²) in [6.45, 7) is 1.37. The highest BCUT2D eigenvalue weighted by Gasteiger charge is 2.35. The number of likely N-dealkylation sites (tertiary alicyclic amines) is 1. The number of carbonyl (C=O) groups is 1. The van der Waals surface area contributed by atoms with Crippen LogP contribution in [0.3, 0.4) is 0 Å². The number of para-hydroxylation sites is 2. The SMILES string of the molecule is O=C([C@@H]1CC(c2ccccc2)=NO1)N1CCC(c2nc3ccccc3o2)CC1. The van der Waals surface area contributed by atoms with E-state index < -0.39 is 6.10 Å². The maximum absolute atomic E-state index is 12.8. The smallest absolute Gasteiger partial charge is 0.266 e. The van der Waals surface area contributed by atoms with Gasteiger partial charge in [0.2, 0.25) is 6.10 Å². The summed E-state index contributed by atoms with van der Waals surface area (Å²) in [5.74, 6) is 1.04. The van der Waals surface area contributed by atoms with Crippen molar-refractivity contribution < 1.29 is 14.0 Å². The van der Waals surface area contributed by atoms with E-state index in [1.165, 1.54) is 0 Å². The summed E-state index contributed by atoms with van der Waals surface area (Å²) in [6.07, 6.45) is 1.69. The molecule has 0 spiro atoms. The number of oxime groups is 1. The van der Waals surface area contributed by atoms with Crippen molar-refractivity contribution in [1.29, 1.82) is 0 Å². The third-order valence-corrected chi connectivity index (χ3v) is 5.52. The molecule has 142 valence electrons. The zero-order chi connectivity index (χ0) is 18.9. The van der Waals surface area contributed by atoms with Crippen molar-refractivity contribution in [2.45, 2.75) is 31.3 Å². The quantitative estimate of drug-likeness (QED) is 0.700. The fraction of sp³-hybridized carbons (Fsp3) is 0.318. The van der Waals surface area contributed by atoms with Crippen LogP contribution < -0.4 is 0 Å². The van der Waals surface area contributed by atoms with E-state index in [4.69, 9.17) is 9.25 Å². The van der Waals surface area contributed by atoms with E-state index in [1.54, 1.807) is 0 Å². The maximum atomic E-state index is 12.8. The van der Waals surface area contributed by atoms with Gasteiger partial charge in [-0.2, -0.15) is 0 Å². The molecule has 1 atom stereocenters. The van der Waals surface area contributed by atoms with Crippen molar-refractivity contribution in [1.82, 2.24) is 9.88 Å². The molecule has 1 saturated heterocycles. The molecule has 0 N–H and O–H groups in total. The predicted molar refractivity (Wildman–Crippen MR) is 105 cm³/mol. The van der Waals surface area contributed by atoms with Crippen molar-refractivity contribution >= 4 is 22.7 Å². The molecular weight excluding hydrogens is 354 g/mol. The van der Waals surface area contributed by atoms with Crippen molar-refractivity contribution in [2.75, 3.05) is 13.1 Å². The molecule has 0 unspecified atom stereocenters. The standard InChI is InChI=1S/C22H21N3O3/c26-22(20-14-18(24-28-20)15-6-2-1-3-7-15)25-12-10-16(11-13-25)21-23-17-8-4-5-9-19(17)27-21/h1-9,16,20H,10-14H2/t20-/m0/s1. The van der Waals surface area contributed by atoms with Gasteiger partial charge in [-0.15, -0.1) is 0 Å². The highest BCUT2D eigenvalue weighted by atomic mass is 16.6. The van der Waals surface area contributed by atoms with Gasteiger partial charge < -0.3 is 14.2 Å². The Bertz CT molecular complexity index is 987. The summed E-state index contributed by atoms with van der Waals surface area (Å²) in [5, 5.41) is 4.13. The number of hydrogen-bond acceptors (Lipinski definition) is 5. The molecule has 0 saturated carbocycles. The van der Waals surface area contributed by atoms with Crippen molar-refractivity contribution in [2.24, 2.45) is 5.16 Å². The summed E-state index contributed by atoms with van der Waals surface area (Å²) >= 11 is 0. The Morgan fingerprint density at radius 1 is 1.00 bits per heavy atom. The minimum atomic E-state index is -0.518. The fourth-order valence-electron chi connectivity index (χ4n) is 3.93. The monoisotopic (exact) mass is 375 g/mol. The van der Waals surface area contributed by atoms with Crippen LogP contribution in [0.15, 0.2) is 64.2 Å². The first-order valence-corrected chi connectivity index (χ1v) is 9.70. The molecule has 1 fully saturated rings. The minimum absolute atomic E-state index is 0.0192. The van der Waals surface area contributed by atoms with Crippen molar-refractivity contribution in [3.05, 3.63) is 66.1 Å². The second kappa shape index (κ2) is 7.11. The number of rotatable bonds is 3. The Kier molecular flexibility index (Phi) is 4.31. The lowest BCUT2D eigenvalue weighted by Gasteiger charge is -2.31. The van der Waals surface area contributed by atoms with Crippen molar-refractivity contribution in [3.63, 3.8) is 0 Å². The molecule has 28 heavy (non-hydrogen) atoms. The zero-order valence-corrected chi connectivity index (χ0v) is 15.5. The molecule has 6 heteroatoms. The van der Waals surface area contributed by atoms with Gasteiger partial charge in [0.25, 0.3) is 5.91 Å². The predicted octanol–water partition coefficient (Wildman–Crippen LogP) is 3.73. The number of aromatic nitrogens is 1. The molecule has 3 aromatic rings. The van der Waals surface area contributed by atoms with Crippen LogP contribution in [0.2, 0.25) is 0 Å². The van der Waals surface area contributed by atoms with Gasteiger partial charge in [0.1, 0.15) is 5.52 Å². The van der Waals surface area contributed by atoms with Crippen molar-refractivity contribution in [3.8, 4) is 0 Å². The number of hydrogen-bond donors (Lipinski definition) is 0.